The molecule has 0 fully saturated rings. The van der Waals surface area contributed by atoms with Crippen LogP contribution in [0.5, 0.6) is 0 Å². The summed E-state index contributed by atoms with van der Waals surface area (Å²) in [5.41, 5.74) is 0.779. The zero-order valence-electron chi connectivity index (χ0n) is 11.7. The van der Waals surface area contributed by atoms with Crippen LogP contribution in [0.2, 0.25) is 5.02 Å². The van der Waals surface area contributed by atoms with E-state index in [-0.39, 0.29) is 5.91 Å². The number of aromatic nitrogens is 2. The average molecular weight is 334 g/mol. The lowest BCUT2D eigenvalue weighted by Gasteiger charge is -1.96. The quantitative estimate of drug-likeness (QED) is 0.789. The highest BCUT2D eigenvalue weighted by atomic mass is 35.5. The second-order valence-corrected chi connectivity index (χ2v) is 6.21. The number of benzene rings is 1. The lowest BCUT2D eigenvalue weighted by Crippen LogP contribution is -2.17. The van der Waals surface area contributed by atoms with E-state index in [1.54, 1.807) is 12.1 Å². The third-order valence-corrected chi connectivity index (χ3v) is 4.21. The van der Waals surface area contributed by atoms with Gasteiger partial charge in [0.1, 0.15) is 0 Å². The summed E-state index contributed by atoms with van der Waals surface area (Å²) in [6.07, 6.45) is 0. The fraction of sp³-hybridized carbons (Fsp3) is 0.133. The van der Waals surface area contributed by atoms with Gasteiger partial charge in [0, 0.05) is 22.4 Å². The van der Waals surface area contributed by atoms with Gasteiger partial charge in [0.25, 0.3) is 5.89 Å². The van der Waals surface area contributed by atoms with E-state index in [2.05, 4.69) is 15.5 Å². The number of thiophene rings is 1. The third-order valence-electron chi connectivity index (χ3n) is 2.89. The summed E-state index contributed by atoms with van der Waals surface area (Å²) in [5.74, 6) is 0.890. The number of carbonyl (C=O) groups excluding carboxylic acids is 1. The molecule has 0 aliphatic rings. The van der Waals surface area contributed by atoms with Crippen molar-refractivity contribution in [2.24, 2.45) is 0 Å². The molecule has 0 atom stereocenters. The Labute approximate surface area is 135 Å². The number of hydrogen-bond donors (Lipinski definition) is 1. The average Bonchev–Trinajstić information content (AvgIpc) is 3.14. The number of amides is 1. The summed E-state index contributed by atoms with van der Waals surface area (Å²) < 4.78 is 5.28. The molecule has 0 saturated carbocycles. The van der Waals surface area contributed by atoms with Gasteiger partial charge >= 0.3 is 0 Å². The first-order chi connectivity index (χ1) is 10.6. The summed E-state index contributed by atoms with van der Waals surface area (Å²) in [5, 5.41) is 7.37. The van der Waals surface area contributed by atoms with Gasteiger partial charge in [0.15, 0.2) is 0 Å². The second kappa shape index (κ2) is 6.29. The molecule has 0 aliphatic carbocycles. The van der Waals surface area contributed by atoms with E-state index in [1.165, 1.54) is 18.3 Å². The minimum atomic E-state index is -0.0576. The molecule has 5 nitrogen and oxygen atoms in total. The highest BCUT2D eigenvalue weighted by Gasteiger charge is 2.13. The Morgan fingerprint density at radius 2 is 2.23 bits per heavy atom. The van der Waals surface area contributed by atoms with Crippen molar-refractivity contribution in [2.45, 2.75) is 13.5 Å². The van der Waals surface area contributed by atoms with Gasteiger partial charge in [-0.15, -0.1) is 11.3 Å². The summed E-state index contributed by atoms with van der Waals surface area (Å²) in [6.45, 7) is 1.99. The molecule has 22 heavy (non-hydrogen) atoms. The molecule has 2 aromatic heterocycles. The zero-order valence-corrected chi connectivity index (χ0v) is 13.2. The Morgan fingerprint density at radius 3 is 3.00 bits per heavy atom. The maximum absolute atomic E-state index is 10.9. The molecule has 0 unspecified atom stereocenters. The van der Waals surface area contributed by atoms with Crippen LogP contribution in [0.1, 0.15) is 11.8 Å². The maximum Gasteiger partial charge on any atom is 0.258 e. The van der Waals surface area contributed by atoms with Crippen molar-refractivity contribution >= 4 is 28.8 Å². The van der Waals surface area contributed by atoms with Gasteiger partial charge in [0.2, 0.25) is 11.7 Å². The van der Waals surface area contributed by atoms with Crippen molar-refractivity contribution in [3.63, 3.8) is 0 Å². The first kappa shape index (κ1) is 14.7. The van der Waals surface area contributed by atoms with Crippen LogP contribution in [0.25, 0.3) is 22.2 Å². The standard InChI is InChI=1S/C15H12ClN3O2S/c1-9(20)17-8-12-5-6-13(22-12)14-18-15(21-19-14)10-3-2-4-11(16)7-10/h2-7H,8H2,1H3,(H,17,20). The SMILES string of the molecule is CC(=O)NCc1ccc(-c2noc(-c3cccc(Cl)c3)n2)s1. The van der Waals surface area contributed by atoms with Gasteiger partial charge in [-0.2, -0.15) is 4.98 Å². The van der Waals surface area contributed by atoms with Gasteiger partial charge < -0.3 is 9.84 Å². The number of rotatable bonds is 4. The van der Waals surface area contributed by atoms with E-state index >= 15 is 0 Å². The Hall–Kier alpha value is -2.18. The normalized spacial score (nSPS) is 10.6. The molecule has 1 aromatic carbocycles. The van der Waals surface area contributed by atoms with Gasteiger partial charge in [-0.05, 0) is 30.3 Å². The second-order valence-electron chi connectivity index (χ2n) is 4.61. The lowest BCUT2D eigenvalue weighted by atomic mass is 10.2. The Morgan fingerprint density at radius 1 is 1.36 bits per heavy atom. The van der Waals surface area contributed by atoms with E-state index in [0.717, 1.165) is 15.3 Å². The van der Waals surface area contributed by atoms with E-state index in [1.807, 2.05) is 24.3 Å². The molecule has 1 N–H and O–H groups in total. The van der Waals surface area contributed by atoms with Crippen LogP contribution in [0.15, 0.2) is 40.9 Å². The number of hydrogen-bond acceptors (Lipinski definition) is 5. The molecule has 0 bridgehead atoms. The monoisotopic (exact) mass is 333 g/mol. The minimum absolute atomic E-state index is 0.0576. The van der Waals surface area contributed by atoms with Crippen molar-refractivity contribution in [1.29, 1.82) is 0 Å². The van der Waals surface area contributed by atoms with Gasteiger partial charge in [0.05, 0.1) is 11.4 Å². The van der Waals surface area contributed by atoms with E-state index in [0.29, 0.717) is 23.3 Å². The molecule has 1 amide bonds. The molecule has 3 aromatic rings. The molecule has 7 heteroatoms. The van der Waals surface area contributed by atoms with Crippen molar-refractivity contribution in [2.75, 3.05) is 0 Å². The highest BCUT2D eigenvalue weighted by Crippen LogP contribution is 2.28. The predicted molar refractivity (Wildman–Crippen MR) is 85.6 cm³/mol. The fourth-order valence-electron chi connectivity index (χ4n) is 1.87. The molecular formula is C15H12ClN3O2S. The molecule has 2 heterocycles. The van der Waals surface area contributed by atoms with Crippen LogP contribution in [0, 0.1) is 0 Å². The number of nitrogens with one attached hydrogen (secondary N) is 1. The lowest BCUT2D eigenvalue weighted by molar-refractivity contribution is -0.119. The molecule has 0 saturated heterocycles. The summed E-state index contributed by atoms with van der Waals surface area (Å²) >= 11 is 7.47. The molecule has 0 aliphatic heterocycles. The number of nitrogens with zero attached hydrogens (tertiary/aromatic N) is 2. The van der Waals surface area contributed by atoms with Crippen LogP contribution >= 0.6 is 22.9 Å². The largest absolute Gasteiger partial charge is 0.351 e. The summed E-state index contributed by atoms with van der Waals surface area (Å²) in [7, 11) is 0. The Bertz CT molecular complexity index is 812. The number of carbonyl (C=O) groups is 1. The first-order valence-corrected chi connectivity index (χ1v) is 7.74. The van der Waals surface area contributed by atoms with Crippen molar-refractivity contribution < 1.29 is 9.32 Å². The molecule has 0 spiro atoms. The predicted octanol–water partition coefficient (Wildman–Crippen LogP) is 3.75. The third kappa shape index (κ3) is 3.35. The molecular weight excluding hydrogens is 322 g/mol. The summed E-state index contributed by atoms with van der Waals surface area (Å²) in [4.78, 5) is 17.2. The zero-order chi connectivity index (χ0) is 15.5. The van der Waals surface area contributed by atoms with Gasteiger partial charge in [-0.3, -0.25) is 4.79 Å². The summed E-state index contributed by atoms with van der Waals surface area (Å²) in [6, 6.07) is 11.1. The van der Waals surface area contributed by atoms with Crippen LogP contribution in [0.3, 0.4) is 0 Å². The Kier molecular flexibility index (Phi) is 4.22. The molecule has 112 valence electrons. The topological polar surface area (TPSA) is 68.0 Å². The van der Waals surface area contributed by atoms with Crippen LogP contribution in [-0.2, 0) is 11.3 Å². The van der Waals surface area contributed by atoms with Crippen molar-refractivity contribution in [3.05, 3.63) is 46.3 Å². The van der Waals surface area contributed by atoms with Gasteiger partial charge in [-0.1, -0.05) is 22.8 Å². The van der Waals surface area contributed by atoms with Gasteiger partial charge in [-0.25, -0.2) is 0 Å². The number of halogens is 1. The minimum Gasteiger partial charge on any atom is -0.351 e. The first-order valence-electron chi connectivity index (χ1n) is 6.55. The van der Waals surface area contributed by atoms with E-state index < -0.39 is 0 Å². The molecule has 0 radical (unpaired) electrons. The Balaban J connectivity index is 1.80. The molecule has 3 rings (SSSR count). The maximum atomic E-state index is 10.9. The van der Waals surface area contributed by atoms with E-state index in [9.17, 15) is 4.79 Å². The van der Waals surface area contributed by atoms with E-state index in [4.69, 9.17) is 16.1 Å². The van der Waals surface area contributed by atoms with Crippen LogP contribution in [0.4, 0.5) is 0 Å². The highest BCUT2D eigenvalue weighted by molar-refractivity contribution is 7.15. The van der Waals surface area contributed by atoms with Crippen molar-refractivity contribution in [1.82, 2.24) is 15.5 Å². The smallest absolute Gasteiger partial charge is 0.258 e. The van der Waals surface area contributed by atoms with Crippen LogP contribution < -0.4 is 5.32 Å². The van der Waals surface area contributed by atoms with Crippen LogP contribution in [-0.4, -0.2) is 16.0 Å². The van der Waals surface area contributed by atoms with Crippen molar-refractivity contribution in [3.8, 4) is 22.2 Å². The fourth-order valence-corrected chi connectivity index (χ4v) is 2.93.